The zero-order valence-corrected chi connectivity index (χ0v) is 18.1. The van der Waals surface area contributed by atoms with Gasteiger partial charge in [-0.2, -0.15) is 0 Å². The van der Waals surface area contributed by atoms with Gasteiger partial charge in [-0.15, -0.1) is 0 Å². The Morgan fingerprint density at radius 1 is 0.806 bits per heavy atom. The Morgan fingerprint density at radius 3 is 2.55 bits per heavy atom. The van der Waals surface area contributed by atoms with Crippen LogP contribution in [0.25, 0.3) is 21.8 Å². The molecule has 0 saturated heterocycles. The smallest absolute Gasteiger partial charge is 0.0720 e. The lowest BCUT2D eigenvalue weighted by atomic mass is 10.0. The minimum absolute atomic E-state index is 0.726. The third kappa shape index (κ3) is 4.22. The Kier molecular flexibility index (Phi) is 5.48. The summed E-state index contributed by atoms with van der Waals surface area (Å²) in [6, 6.07) is 27.6. The van der Waals surface area contributed by atoms with E-state index in [0.717, 1.165) is 47.4 Å². The summed E-state index contributed by atoms with van der Waals surface area (Å²) >= 11 is 6.13. The van der Waals surface area contributed by atoms with Gasteiger partial charge in [0.05, 0.1) is 11.0 Å². The Hall–Kier alpha value is -3.10. The van der Waals surface area contributed by atoms with Crippen LogP contribution in [0.1, 0.15) is 22.4 Å². The standard InChI is InChI=1S/C28H24ClN2/c1-2-22-7-4-8-24-15-16-31(28(22)24)19-21-6-3-5-20(17-21)9-13-26-14-11-23-10-12-25(29)18-27(23)30-26/h3-8,10-12,14-18H,1-2,9,13,19H2. The highest BCUT2D eigenvalue weighted by Crippen LogP contribution is 2.23. The van der Waals surface area contributed by atoms with Gasteiger partial charge in [0.1, 0.15) is 0 Å². The van der Waals surface area contributed by atoms with Gasteiger partial charge in [-0.1, -0.05) is 66.2 Å². The predicted octanol–water partition coefficient (Wildman–Crippen LogP) is 7.05. The first-order valence-electron chi connectivity index (χ1n) is 10.7. The lowest BCUT2D eigenvalue weighted by Crippen LogP contribution is -2.01. The second kappa shape index (κ2) is 8.56. The van der Waals surface area contributed by atoms with Crippen molar-refractivity contribution >= 4 is 33.4 Å². The van der Waals surface area contributed by atoms with Gasteiger partial charge in [-0.3, -0.25) is 4.98 Å². The van der Waals surface area contributed by atoms with Crippen molar-refractivity contribution in [1.82, 2.24) is 9.55 Å². The summed E-state index contributed by atoms with van der Waals surface area (Å²) in [4.78, 5) is 4.79. The SMILES string of the molecule is [CH2]Cc1cccc2ccn(Cc3cccc(CCc4ccc5ccc(Cl)cc5n4)c3)c12. The fraction of sp³-hybridized carbons (Fsp3) is 0.143. The maximum absolute atomic E-state index is 6.13. The normalized spacial score (nSPS) is 11.4. The summed E-state index contributed by atoms with van der Waals surface area (Å²) in [5, 5.41) is 3.12. The highest BCUT2D eigenvalue weighted by Gasteiger charge is 2.07. The highest BCUT2D eigenvalue weighted by atomic mass is 35.5. The first kappa shape index (κ1) is 19.8. The van der Waals surface area contributed by atoms with Crippen molar-refractivity contribution in [3.8, 4) is 0 Å². The van der Waals surface area contributed by atoms with Crippen molar-refractivity contribution < 1.29 is 0 Å². The minimum atomic E-state index is 0.726. The summed E-state index contributed by atoms with van der Waals surface area (Å²) in [5.74, 6) is 0. The van der Waals surface area contributed by atoms with E-state index in [4.69, 9.17) is 16.6 Å². The number of benzene rings is 3. The monoisotopic (exact) mass is 423 g/mol. The number of aryl methyl sites for hydroxylation is 2. The number of aromatic nitrogens is 2. The number of fused-ring (bicyclic) bond motifs is 2. The van der Waals surface area contributed by atoms with E-state index in [2.05, 4.69) is 78.4 Å². The van der Waals surface area contributed by atoms with Crippen molar-refractivity contribution in [3.63, 3.8) is 0 Å². The Morgan fingerprint density at radius 2 is 1.65 bits per heavy atom. The number of hydrogen-bond donors (Lipinski definition) is 0. The van der Waals surface area contributed by atoms with Gasteiger partial charge in [0.15, 0.2) is 0 Å². The van der Waals surface area contributed by atoms with Gasteiger partial charge in [0.2, 0.25) is 0 Å². The summed E-state index contributed by atoms with van der Waals surface area (Å²) < 4.78 is 2.34. The van der Waals surface area contributed by atoms with Crippen molar-refractivity contribution in [3.05, 3.63) is 119 Å². The van der Waals surface area contributed by atoms with Crippen molar-refractivity contribution in [2.24, 2.45) is 0 Å². The zero-order valence-electron chi connectivity index (χ0n) is 17.4. The molecule has 2 aromatic heterocycles. The molecule has 3 heteroatoms. The van der Waals surface area contributed by atoms with Gasteiger partial charge in [0, 0.05) is 28.8 Å². The summed E-state index contributed by atoms with van der Waals surface area (Å²) in [7, 11) is 0. The second-order valence-electron chi connectivity index (χ2n) is 8.01. The van der Waals surface area contributed by atoms with Gasteiger partial charge >= 0.3 is 0 Å². The molecule has 1 radical (unpaired) electrons. The van der Waals surface area contributed by atoms with E-state index in [1.165, 1.54) is 27.6 Å². The fourth-order valence-electron chi connectivity index (χ4n) is 4.30. The van der Waals surface area contributed by atoms with Gasteiger partial charge < -0.3 is 4.57 Å². The number of para-hydroxylation sites is 1. The van der Waals surface area contributed by atoms with Crippen LogP contribution >= 0.6 is 11.6 Å². The quantitative estimate of drug-likeness (QED) is 0.286. The number of hydrogen-bond acceptors (Lipinski definition) is 1. The molecule has 0 saturated carbocycles. The Labute approximate surface area is 188 Å². The molecule has 0 aliphatic heterocycles. The molecule has 31 heavy (non-hydrogen) atoms. The van der Waals surface area contributed by atoms with Crippen LogP contribution < -0.4 is 0 Å². The van der Waals surface area contributed by atoms with Gasteiger partial charge in [-0.05, 0) is 72.5 Å². The third-order valence-electron chi connectivity index (χ3n) is 5.87. The van der Waals surface area contributed by atoms with Crippen LogP contribution in [-0.2, 0) is 25.8 Å². The Bertz CT molecular complexity index is 1370. The molecule has 153 valence electrons. The highest BCUT2D eigenvalue weighted by molar-refractivity contribution is 6.31. The topological polar surface area (TPSA) is 17.8 Å². The van der Waals surface area contributed by atoms with E-state index >= 15 is 0 Å². The van der Waals surface area contributed by atoms with E-state index < -0.39 is 0 Å². The largest absolute Gasteiger partial charge is 0.343 e. The molecule has 0 atom stereocenters. The van der Waals surface area contributed by atoms with Crippen LogP contribution in [0, 0.1) is 6.92 Å². The van der Waals surface area contributed by atoms with Crippen LogP contribution in [0.3, 0.4) is 0 Å². The van der Waals surface area contributed by atoms with Crippen LogP contribution in [0.4, 0.5) is 0 Å². The third-order valence-corrected chi connectivity index (χ3v) is 6.10. The summed E-state index contributed by atoms with van der Waals surface area (Å²) in [6.45, 7) is 4.96. The molecule has 5 aromatic rings. The minimum Gasteiger partial charge on any atom is -0.343 e. The average Bonchev–Trinajstić information content (AvgIpc) is 3.20. The molecule has 0 aliphatic carbocycles. The first-order valence-corrected chi connectivity index (χ1v) is 11.1. The summed E-state index contributed by atoms with van der Waals surface area (Å²) in [5.41, 5.74) is 7.28. The molecule has 0 bridgehead atoms. The number of nitrogens with zero attached hydrogens (tertiary/aromatic N) is 2. The molecule has 0 unspecified atom stereocenters. The van der Waals surface area contributed by atoms with Crippen LogP contribution in [0.2, 0.25) is 5.02 Å². The number of pyridine rings is 1. The van der Waals surface area contributed by atoms with Crippen LogP contribution in [0.15, 0.2) is 85.1 Å². The molecule has 0 fully saturated rings. The lowest BCUT2D eigenvalue weighted by Gasteiger charge is -2.11. The average molecular weight is 424 g/mol. The Balaban J connectivity index is 1.34. The molecule has 5 rings (SSSR count). The molecule has 0 spiro atoms. The number of halogens is 1. The fourth-order valence-corrected chi connectivity index (χ4v) is 4.47. The zero-order chi connectivity index (χ0) is 21.2. The maximum Gasteiger partial charge on any atom is 0.0720 e. The predicted molar refractivity (Wildman–Crippen MR) is 131 cm³/mol. The van der Waals surface area contributed by atoms with Gasteiger partial charge in [-0.25, -0.2) is 0 Å². The molecule has 2 nitrogen and oxygen atoms in total. The van der Waals surface area contributed by atoms with Crippen molar-refractivity contribution in [1.29, 1.82) is 0 Å². The maximum atomic E-state index is 6.13. The number of rotatable bonds is 6. The van der Waals surface area contributed by atoms with E-state index in [9.17, 15) is 0 Å². The van der Waals surface area contributed by atoms with E-state index in [-0.39, 0.29) is 0 Å². The van der Waals surface area contributed by atoms with E-state index in [0.29, 0.717) is 0 Å². The van der Waals surface area contributed by atoms with E-state index in [1.54, 1.807) is 0 Å². The van der Waals surface area contributed by atoms with Gasteiger partial charge in [0.25, 0.3) is 0 Å². The molecule has 0 amide bonds. The van der Waals surface area contributed by atoms with Crippen molar-refractivity contribution in [2.75, 3.05) is 0 Å². The van der Waals surface area contributed by atoms with Crippen LogP contribution in [0.5, 0.6) is 0 Å². The molecule has 3 aromatic carbocycles. The van der Waals surface area contributed by atoms with Crippen molar-refractivity contribution in [2.45, 2.75) is 25.8 Å². The lowest BCUT2D eigenvalue weighted by molar-refractivity contribution is 0.827. The molecule has 0 N–H and O–H groups in total. The molecular weight excluding hydrogens is 400 g/mol. The first-order chi connectivity index (χ1) is 15.2. The van der Waals surface area contributed by atoms with Crippen LogP contribution in [-0.4, -0.2) is 9.55 Å². The molecular formula is C28H24ClN2. The second-order valence-corrected chi connectivity index (χ2v) is 8.44. The molecule has 0 aliphatic rings. The summed E-state index contributed by atoms with van der Waals surface area (Å²) in [6.07, 6.45) is 4.85. The van der Waals surface area contributed by atoms with E-state index in [1.807, 2.05) is 18.2 Å². The molecule has 2 heterocycles.